The fraction of sp³-hybridized carbons (Fsp3) is 0.714. The van der Waals surface area contributed by atoms with Crippen LogP contribution in [0.3, 0.4) is 0 Å². The molecule has 2 aliphatic rings. The fourth-order valence-electron chi connectivity index (χ4n) is 3.51. The first-order chi connectivity index (χ1) is 9.56. The van der Waals surface area contributed by atoms with Crippen molar-refractivity contribution >= 4 is 17.6 Å². The third kappa shape index (κ3) is 2.28. The lowest BCUT2D eigenvalue weighted by molar-refractivity contribution is 0.340. The van der Waals surface area contributed by atoms with E-state index < -0.39 is 0 Å². The van der Waals surface area contributed by atoms with Crippen molar-refractivity contribution in [3.05, 3.63) is 5.56 Å². The van der Waals surface area contributed by atoms with Gasteiger partial charge in [-0.1, -0.05) is 13.8 Å². The van der Waals surface area contributed by atoms with Gasteiger partial charge in [-0.25, -0.2) is 0 Å². The Morgan fingerprint density at radius 3 is 2.75 bits per heavy atom. The Kier molecular flexibility index (Phi) is 3.41. The molecule has 110 valence electrons. The van der Waals surface area contributed by atoms with Crippen molar-refractivity contribution in [2.75, 3.05) is 36.0 Å². The Morgan fingerprint density at radius 2 is 2.05 bits per heavy atom. The number of hydrogen-bond acceptors (Lipinski definition) is 6. The van der Waals surface area contributed by atoms with Crippen LogP contribution < -0.4 is 21.7 Å². The molecule has 0 aliphatic carbocycles. The van der Waals surface area contributed by atoms with Gasteiger partial charge in [0.2, 0.25) is 5.95 Å². The zero-order valence-corrected chi connectivity index (χ0v) is 12.3. The average molecular weight is 276 g/mol. The van der Waals surface area contributed by atoms with E-state index in [1.54, 1.807) is 0 Å². The van der Waals surface area contributed by atoms with Crippen molar-refractivity contribution in [3.8, 4) is 0 Å². The van der Waals surface area contributed by atoms with Gasteiger partial charge in [0.1, 0.15) is 11.6 Å². The monoisotopic (exact) mass is 276 g/mol. The molecule has 1 aromatic rings. The van der Waals surface area contributed by atoms with E-state index in [4.69, 9.17) is 11.5 Å². The molecule has 1 aromatic heterocycles. The molecular formula is C14H24N6. The van der Waals surface area contributed by atoms with Gasteiger partial charge in [0.05, 0.1) is 0 Å². The van der Waals surface area contributed by atoms with Crippen molar-refractivity contribution in [3.63, 3.8) is 0 Å². The summed E-state index contributed by atoms with van der Waals surface area (Å²) in [6.07, 6.45) is 2.56. The number of piperidine rings is 1. The third-order valence-electron chi connectivity index (χ3n) is 4.45. The SMILES string of the molecule is CC(C)c1c(N)nc(N)nc1N1CC2CCCNC2C1. The lowest BCUT2D eigenvalue weighted by Gasteiger charge is -2.24. The van der Waals surface area contributed by atoms with E-state index in [0.717, 1.165) is 31.0 Å². The standard InChI is InChI=1S/C14H24N6/c1-8(2)11-12(15)18-14(16)19-13(11)20-6-9-4-3-5-17-10(9)7-20/h8-10,17H,3-7H2,1-2H3,(H4,15,16,18,19). The summed E-state index contributed by atoms with van der Waals surface area (Å²) in [7, 11) is 0. The van der Waals surface area contributed by atoms with Crippen LogP contribution in [0.25, 0.3) is 0 Å². The van der Waals surface area contributed by atoms with Crippen molar-refractivity contribution in [1.29, 1.82) is 0 Å². The first kappa shape index (κ1) is 13.4. The highest BCUT2D eigenvalue weighted by atomic mass is 15.3. The van der Waals surface area contributed by atoms with Crippen LogP contribution in [0, 0.1) is 5.92 Å². The van der Waals surface area contributed by atoms with Crippen LogP contribution >= 0.6 is 0 Å². The highest BCUT2D eigenvalue weighted by Crippen LogP contribution is 2.35. The second kappa shape index (κ2) is 5.09. The van der Waals surface area contributed by atoms with Gasteiger partial charge < -0.3 is 21.7 Å². The largest absolute Gasteiger partial charge is 0.383 e. The molecule has 0 amide bonds. The van der Waals surface area contributed by atoms with E-state index >= 15 is 0 Å². The van der Waals surface area contributed by atoms with Crippen LogP contribution in [-0.2, 0) is 0 Å². The Bertz CT molecular complexity index is 487. The van der Waals surface area contributed by atoms with Gasteiger partial charge in [-0.05, 0) is 31.2 Å². The van der Waals surface area contributed by atoms with Gasteiger partial charge >= 0.3 is 0 Å². The Balaban J connectivity index is 1.94. The summed E-state index contributed by atoms with van der Waals surface area (Å²) in [6.45, 7) is 7.39. The molecule has 5 N–H and O–H groups in total. The number of aromatic nitrogens is 2. The van der Waals surface area contributed by atoms with Crippen molar-refractivity contribution in [2.24, 2.45) is 5.92 Å². The first-order valence-corrected chi connectivity index (χ1v) is 7.47. The van der Waals surface area contributed by atoms with Crippen LogP contribution in [0.5, 0.6) is 0 Å². The molecule has 3 rings (SSSR count). The lowest BCUT2D eigenvalue weighted by Crippen LogP contribution is -2.40. The summed E-state index contributed by atoms with van der Waals surface area (Å²) in [4.78, 5) is 10.9. The van der Waals surface area contributed by atoms with Gasteiger partial charge in [0.15, 0.2) is 0 Å². The lowest BCUT2D eigenvalue weighted by atomic mass is 9.94. The number of fused-ring (bicyclic) bond motifs is 1. The molecule has 2 atom stereocenters. The number of rotatable bonds is 2. The van der Waals surface area contributed by atoms with E-state index in [0.29, 0.717) is 23.7 Å². The van der Waals surface area contributed by atoms with Gasteiger partial charge in [0, 0.05) is 24.7 Å². The molecule has 0 saturated carbocycles. The van der Waals surface area contributed by atoms with E-state index in [-0.39, 0.29) is 5.95 Å². The summed E-state index contributed by atoms with van der Waals surface area (Å²) in [5.74, 6) is 2.72. The van der Waals surface area contributed by atoms with E-state index in [1.807, 2.05) is 0 Å². The topological polar surface area (TPSA) is 93.1 Å². The summed E-state index contributed by atoms with van der Waals surface area (Å²) >= 11 is 0. The molecule has 2 unspecified atom stereocenters. The molecule has 0 radical (unpaired) electrons. The molecule has 0 spiro atoms. The van der Waals surface area contributed by atoms with Crippen LogP contribution in [0.15, 0.2) is 0 Å². The minimum absolute atomic E-state index is 0.268. The second-order valence-corrected chi connectivity index (χ2v) is 6.23. The Hall–Kier alpha value is -1.56. The minimum Gasteiger partial charge on any atom is -0.383 e. The van der Waals surface area contributed by atoms with Crippen LogP contribution in [0.1, 0.15) is 38.2 Å². The Labute approximate surface area is 119 Å². The predicted molar refractivity (Wildman–Crippen MR) is 81.7 cm³/mol. The van der Waals surface area contributed by atoms with Crippen LogP contribution in [-0.4, -0.2) is 35.6 Å². The number of nitrogen functional groups attached to an aromatic ring is 2. The number of nitrogens with one attached hydrogen (secondary N) is 1. The highest BCUT2D eigenvalue weighted by Gasteiger charge is 2.36. The maximum Gasteiger partial charge on any atom is 0.223 e. The fourth-order valence-corrected chi connectivity index (χ4v) is 3.51. The number of anilines is 3. The van der Waals surface area contributed by atoms with Gasteiger partial charge in [-0.2, -0.15) is 9.97 Å². The van der Waals surface area contributed by atoms with Gasteiger partial charge in [-0.15, -0.1) is 0 Å². The predicted octanol–water partition coefficient (Wildman–Crippen LogP) is 0.953. The quantitative estimate of drug-likeness (QED) is 0.745. The second-order valence-electron chi connectivity index (χ2n) is 6.23. The van der Waals surface area contributed by atoms with Crippen LogP contribution in [0.2, 0.25) is 0 Å². The first-order valence-electron chi connectivity index (χ1n) is 7.47. The summed E-state index contributed by atoms with van der Waals surface area (Å²) in [5.41, 5.74) is 12.9. The molecule has 0 aromatic carbocycles. The van der Waals surface area contributed by atoms with E-state index in [9.17, 15) is 0 Å². The maximum atomic E-state index is 6.06. The maximum absolute atomic E-state index is 6.06. The molecule has 2 aliphatic heterocycles. The molecule has 2 fully saturated rings. The normalized spacial score (nSPS) is 26.1. The number of nitrogens with two attached hydrogens (primary N) is 2. The molecule has 6 heteroatoms. The van der Waals surface area contributed by atoms with Crippen molar-refractivity contribution < 1.29 is 0 Å². The smallest absolute Gasteiger partial charge is 0.223 e. The molecule has 20 heavy (non-hydrogen) atoms. The molecule has 0 bridgehead atoms. The van der Waals surface area contributed by atoms with Crippen molar-refractivity contribution in [2.45, 2.75) is 38.6 Å². The molecule has 6 nitrogen and oxygen atoms in total. The van der Waals surface area contributed by atoms with Gasteiger partial charge in [0.25, 0.3) is 0 Å². The highest BCUT2D eigenvalue weighted by molar-refractivity contribution is 5.61. The number of nitrogens with zero attached hydrogens (tertiary/aromatic N) is 3. The van der Waals surface area contributed by atoms with E-state index in [1.165, 1.54) is 12.8 Å². The zero-order valence-electron chi connectivity index (χ0n) is 12.3. The summed E-state index contributed by atoms with van der Waals surface area (Å²) < 4.78 is 0. The average Bonchev–Trinajstić information content (AvgIpc) is 2.80. The zero-order chi connectivity index (χ0) is 14.3. The summed E-state index contributed by atoms with van der Waals surface area (Å²) in [6, 6.07) is 0.571. The number of hydrogen-bond donors (Lipinski definition) is 3. The minimum atomic E-state index is 0.268. The van der Waals surface area contributed by atoms with E-state index in [2.05, 4.69) is 34.0 Å². The Morgan fingerprint density at radius 1 is 1.25 bits per heavy atom. The third-order valence-corrected chi connectivity index (χ3v) is 4.45. The summed E-state index contributed by atoms with van der Waals surface area (Å²) in [5, 5.41) is 3.61. The van der Waals surface area contributed by atoms with Crippen molar-refractivity contribution in [1.82, 2.24) is 15.3 Å². The molecular weight excluding hydrogens is 252 g/mol. The van der Waals surface area contributed by atoms with Crippen LogP contribution in [0.4, 0.5) is 17.6 Å². The van der Waals surface area contributed by atoms with Gasteiger partial charge in [-0.3, -0.25) is 0 Å². The molecule has 2 saturated heterocycles. The molecule has 3 heterocycles.